The maximum atomic E-state index is 13.8. The number of rotatable bonds is 19. The zero-order chi connectivity index (χ0) is 18.6. The molecule has 0 aliphatic rings. The molecule has 0 aliphatic heterocycles. The lowest BCUT2D eigenvalue weighted by molar-refractivity contribution is -0.137. The summed E-state index contributed by atoms with van der Waals surface area (Å²) < 4.78 is 18.7. The first-order valence-corrected chi connectivity index (χ1v) is 10.6. The third kappa shape index (κ3) is 19.3. The van der Waals surface area contributed by atoms with Crippen molar-refractivity contribution in [3.05, 3.63) is 12.7 Å². The highest BCUT2D eigenvalue weighted by molar-refractivity contribution is 5.81. The highest BCUT2D eigenvalue weighted by atomic mass is 19.1. The molecule has 0 spiro atoms. The molecule has 0 amide bonds. The van der Waals surface area contributed by atoms with Crippen LogP contribution in [0.1, 0.15) is 110 Å². The standard InChI is InChI=1S/C22H41FO2/c1-3-5-6-7-8-9-10-11-12-13-15-18-21(23)19-16-14-17-20-25-22(24)4-2/h4,21H,2-3,5-20H2,1H3. The number of alkyl halides is 1. The van der Waals surface area contributed by atoms with Crippen LogP contribution in [0.3, 0.4) is 0 Å². The van der Waals surface area contributed by atoms with Gasteiger partial charge in [0.1, 0.15) is 6.17 Å². The molecule has 0 fully saturated rings. The van der Waals surface area contributed by atoms with Crippen LogP contribution in [0, 0.1) is 0 Å². The maximum absolute atomic E-state index is 13.8. The van der Waals surface area contributed by atoms with Crippen molar-refractivity contribution in [1.82, 2.24) is 0 Å². The second-order valence-electron chi connectivity index (χ2n) is 7.14. The summed E-state index contributed by atoms with van der Waals surface area (Å²) in [5.41, 5.74) is 0. The second kappa shape index (κ2) is 19.5. The van der Waals surface area contributed by atoms with E-state index in [1.807, 2.05) is 0 Å². The van der Waals surface area contributed by atoms with Crippen LogP contribution in [-0.2, 0) is 9.53 Å². The van der Waals surface area contributed by atoms with Crippen LogP contribution in [0.5, 0.6) is 0 Å². The minimum absolute atomic E-state index is 0.375. The topological polar surface area (TPSA) is 26.3 Å². The van der Waals surface area contributed by atoms with Gasteiger partial charge in [0.2, 0.25) is 0 Å². The first kappa shape index (κ1) is 24.1. The zero-order valence-electron chi connectivity index (χ0n) is 16.6. The number of halogens is 1. The van der Waals surface area contributed by atoms with Crippen LogP contribution in [-0.4, -0.2) is 18.7 Å². The molecule has 0 bridgehead atoms. The van der Waals surface area contributed by atoms with Gasteiger partial charge in [0, 0.05) is 6.08 Å². The highest BCUT2D eigenvalue weighted by Crippen LogP contribution is 2.16. The number of unbranched alkanes of at least 4 members (excludes halogenated alkanes) is 12. The fraction of sp³-hybridized carbons (Fsp3) is 0.864. The summed E-state index contributed by atoms with van der Waals surface area (Å²) in [7, 11) is 0. The van der Waals surface area contributed by atoms with Crippen molar-refractivity contribution in [2.75, 3.05) is 6.61 Å². The van der Waals surface area contributed by atoms with Crippen molar-refractivity contribution in [2.45, 2.75) is 116 Å². The van der Waals surface area contributed by atoms with E-state index in [2.05, 4.69) is 13.5 Å². The number of esters is 1. The Labute approximate surface area is 155 Å². The molecule has 0 heterocycles. The van der Waals surface area contributed by atoms with Crippen molar-refractivity contribution >= 4 is 5.97 Å². The molecule has 0 aromatic heterocycles. The molecule has 148 valence electrons. The average Bonchev–Trinajstić information content (AvgIpc) is 2.62. The lowest BCUT2D eigenvalue weighted by atomic mass is 10.0. The van der Waals surface area contributed by atoms with Crippen molar-refractivity contribution in [3.8, 4) is 0 Å². The van der Waals surface area contributed by atoms with E-state index in [1.165, 1.54) is 70.3 Å². The largest absolute Gasteiger partial charge is 0.463 e. The molecular formula is C22H41FO2. The second-order valence-corrected chi connectivity index (χ2v) is 7.14. The van der Waals surface area contributed by atoms with Gasteiger partial charge in [0.15, 0.2) is 0 Å². The van der Waals surface area contributed by atoms with Gasteiger partial charge >= 0.3 is 5.97 Å². The van der Waals surface area contributed by atoms with Gasteiger partial charge in [-0.2, -0.15) is 0 Å². The van der Waals surface area contributed by atoms with E-state index in [1.54, 1.807) is 0 Å². The van der Waals surface area contributed by atoms with Crippen molar-refractivity contribution < 1.29 is 13.9 Å². The van der Waals surface area contributed by atoms with Crippen LogP contribution in [0.4, 0.5) is 4.39 Å². The van der Waals surface area contributed by atoms with E-state index < -0.39 is 6.17 Å². The number of ether oxygens (including phenoxy) is 1. The summed E-state index contributed by atoms with van der Waals surface area (Å²) in [6.45, 7) is 6.02. The predicted octanol–water partition coefficient (Wildman–Crippen LogP) is 7.32. The summed E-state index contributed by atoms with van der Waals surface area (Å²) in [6, 6.07) is 0. The van der Waals surface area contributed by atoms with Crippen LogP contribution in [0.25, 0.3) is 0 Å². The molecule has 0 N–H and O–H groups in total. The highest BCUT2D eigenvalue weighted by Gasteiger charge is 2.06. The molecule has 0 rings (SSSR count). The first-order valence-electron chi connectivity index (χ1n) is 10.6. The van der Waals surface area contributed by atoms with Gasteiger partial charge in [-0.1, -0.05) is 90.6 Å². The van der Waals surface area contributed by atoms with E-state index in [4.69, 9.17) is 4.74 Å². The Morgan fingerprint density at radius 1 is 0.840 bits per heavy atom. The maximum Gasteiger partial charge on any atom is 0.330 e. The van der Waals surface area contributed by atoms with Crippen molar-refractivity contribution in [3.63, 3.8) is 0 Å². The Morgan fingerprint density at radius 2 is 1.28 bits per heavy atom. The van der Waals surface area contributed by atoms with E-state index in [0.717, 1.165) is 25.7 Å². The Balaban J connectivity index is 3.19. The predicted molar refractivity (Wildman–Crippen MR) is 106 cm³/mol. The Kier molecular flexibility index (Phi) is 18.8. The lowest BCUT2D eigenvalue weighted by Crippen LogP contribution is -2.03. The number of hydrogen-bond donors (Lipinski definition) is 0. The summed E-state index contributed by atoms with van der Waals surface area (Å²) in [6.07, 6.45) is 18.9. The zero-order valence-corrected chi connectivity index (χ0v) is 16.6. The fourth-order valence-corrected chi connectivity index (χ4v) is 3.05. The molecule has 0 saturated carbocycles. The van der Waals surface area contributed by atoms with Crippen LogP contribution in [0.2, 0.25) is 0 Å². The number of carbonyl (C=O) groups excluding carboxylic acids is 1. The SMILES string of the molecule is C=CC(=O)OCCCCCC(F)CCCCCCCCCCCCC. The van der Waals surface area contributed by atoms with Gasteiger partial charge in [-0.3, -0.25) is 0 Å². The van der Waals surface area contributed by atoms with Crippen molar-refractivity contribution in [1.29, 1.82) is 0 Å². The van der Waals surface area contributed by atoms with E-state index in [-0.39, 0.29) is 5.97 Å². The quantitative estimate of drug-likeness (QED) is 0.138. The Morgan fingerprint density at radius 3 is 1.76 bits per heavy atom. The van der Waals surface area contributed by atoms with Gasteiger partial charge in [-0.05, 0) is 25.7 Å². The minimum atomic E-state index is -0.658. The molecule has 25 heavy (non-hydrogen) atoms. The Bertz CT molecular complexity index is 304. The van der Waals surface area contributed by atoms with Crippen LogP contribution in [0.15, 0.2) is 12.7 Å². The first-order chi connectivity index (χ1) is 12.2. The summed E-state index contributed by atoms with van der Waals surface area (Å²) in [4.78, 5) is 10.8. The van der Waals surface area contributed by atoms with Gasteiger partial charge < -0.3 is 4.74 Å². The average molecular weight is 357 g/mol. The number of hydrogen-bond acceptors (Lipinski definition) is 2. The number of carbonyl (C=O) groups is 1. The fourth-order valence-electron chi connectivity index (χ4n) is 3.05. The molecule has 2 nitrogen and oxygen atoms in total. The molecule has 0 radical (unpaired) electrons. The normalized spacial score (nSPS) is 12.1. The molecule has 1 unspecified atom stereocenters. The van der Waals surface area contributed by atoms with E-state index in [0.29, 0.717) is 19.4 Å². The smallest absolute Gasteiger partial charge is 0.330 e. The molecular weight excluding hydrogens is 315 g/mol. The van der Waals surface area contributed by atoms with Gasteiger partial charge in [-0.15, -0.1) is 0 Å². The third-order valence-corrected chi connectivity index (χ3v) is 4.69. The van der Waals surface area contributed by atoms with Gasteiger partial charge in [0.05, 0.1) is 6.61 Å². The van der Waals surface area contributed by atoms with Crippen LogP contribution < -0.4 is 0 Å². The monoisotopic (exact) mass is 356 g/mol. The summed E-state index contributed by atoms with van der Waals surface area (Å²) >= 11 is 0. The van der Waals surface area contributed by atoms with Crippen molar-refractivity contribution in [2.24, 2.45) is 0 Å². The summed E-state index contributed by atoms with van der Waals surface area (Å²) in [5.74, 6) is -0.375. The molecule has 0 aliphatic carbocycles. The Hall–Kier alpha value is -0.860. The molecule has 3 heteroatoms. The van der Waals surface area contributed by atoms with Gasteiger partial charge in [-0.25, -0.2) is 9.18 Å². The van der Waals surface area contributed by atoms with E-state index in [9.17, 15) is 9.18 Å². The van der Waals surface area contributed by atoms with Gasteiger partial charge in [0.25, 0.3) is 0 Å². The molecule has 0 aromatic rings. The minimum Gasteiger partial charge on any atom is -0.463 e. The molecule has 0 aromatic carbocycles. The lowest BCUT2D eigenvalue weighted by Gasteiger charge is -2.08. The third-order valence-electron chi connectivity index (χ3n) is 4.69. The molecule has 0 saturated heterocycles. The summed E-state index contributed by atoms with van der Waals surface area (Å²) in [5, 5.41) is 0. The van der Waals surface area contributed by atoms with E-state index >= 15 is 0 Å². The van der Waals surface area contributed by atoms with Crippen LogP contribution >= 0.6 is 0 Å². The molecule has 1 atom stereocenters.